The zero-order valence-corrected chi connectivity index (χ0v) is 17.1. The number of amides is 1. The Labute approximate surface area is 167 Å². The van der Waals surface area contributed by atoms with Crippen molar-refractivity contribution in [2.45, 2.75) is 45.4 Å². The zero-order valence-electron chi connectivity index (χ0n) is 17.1. The Balaban J connectivity index is 1.73. The number of carbonyl (C=O) groups excluding carboxylic acids is 2. The number of methoxy groups -OCH3 is 1. The summed E-state index contributed by atoms with van der Waals surface area (Å²) in [4.78, 5) is 23.4. The van der Waals surface area contributed by atoms with Crippen LogP contribution in [0.4, 0.5) is 5.69 Å². The predicted octanol–water partition coefficient (Wildman–Crippen LogP) is 4.96. The topological polar surface area (TPSA) is 64.6 Å². The molecule has 150 valence electrons. The summed E-state index contributed by atoms with van der Waals surface area (Å²) in [5.41, 5.74) is 2.54. The zero-order chi connectivity index (χ0) is 20.6. The van der Waals surface area contributed by atoms with Crippen molar-refractivity contribution in [3.63, 3.8) is 0 Å². The van der Waals surface area contributed by atoms with E-state index in [-0.39, 0.29) is 11.3 Å². The van der Waals surface area contributed by atoms with Crippen molar-refractivity contribution in [3.05, 3.63) is 59.7 Å². The van der Waals surface area contributed by atoms with E-state index >= 15 is 0 Å². The first kappa shape index (κ1) is 21.5. The van der Waals surface area contributed by atoms with Crippen LogP contribution in [0.3, 0.4) is 0 Å². The summed E-state index contributed by atoms with van der Waals surface area (Å²) in [6.07, 6.45) is 2.06. The Morgan fingerprint density at radius 3 is 2.21 bits per heavy atom. The molecule has 0 spiro atoms. The summed E-state index contributed by atoms with van der Waals surface area (Å²) in [5.74, 6) is 0.324. The third-order valence-corrected chi connectivity index (χ3v) is 4.93. The van der Waals surface area contributed by atoms with Gasteiger partial charge in [-0.25, -0.2) is 4.79 Å². The van der Waals surface area contributed by atoms with Gasteiger partial charge in [0, 0.05) is 12.1 Å². The fourth-order valence-corrected chi connectivity index (χ4v) is 2.66. The van der Waals surface area contributed by atoms with Crippen LogP contribution in [0.1, 0.15) is 56.0 Å². The third kappa shape index (κ3) is 6.12. The molecule has 0 heterocycles. The molecule has 2 aromatic rings. The summed E-state index contributed by atoms with van der Waals surface area (Å²) in [6, 6.07) is 14.8. The van der Waals surface area contributed by atoms with Gasteiger partial charge in [-0.05, 0) is 60.2 Å². The Kier molecular flexibility index (Phi) is 7.61. The molecule has 0 atom stereocenters. The molecule has 0 aromatic heterocycles. The molecule has 5 heteroatoms. The first-order chi connectivity index (χ1) is 13.4. The smallest absolute Gasteiger partial charge is 0.337 e. The van der Waals surface area contributed by atoms with Gasteiger partial charge in [-0.1, -0.05) is 32.9 Å². The summed E-state index contributed by atoms with van der Waals surface area (Å²) >= 11 is 0. The van der Waals surface area contributed by atoms with E-state index in [1.54, 1.807) is 24.3 Å². The first-order valence-corrected chi connectivity index (χ1v) is 9.57. The molecule has 1 N–H and O–H groups in total. The quantitative estimate of drug-likeness (QED) is 0.491. The molecule has 0 saturated carbocycles. The van der Waals surface area contributed by atoms with Crippen molar-refractivity contribution in [2.24, 2.45) is 0 Å². The molecule has 0 aliphatic carbocycles. The van der Waals surface area contributed by atoms with Crippen LogP contribution in [0.5, 0.6) is 5.75 Å². The van der Waals surface area contributed by atoms with Crippen LogP contribution >= 0.6 is 0 Å². The number of hydrogen-bond donors (Lipinski definition) is 1. The van der Waals surface area contributed by atoms with Gasteiger partial charge in [-0.3, -0.25) is 4.79 Å². The van der Waals surface area contributed by atoms with Gasteiger partial charge in [-0.15, -0.1) is 0 Å². The van der Waals surface area contributed by atoms with Gasteiger partial charge in [-0.2, -0.15) is 0 Å². The fraction of sp³-hybridized carbons (Fsp3) is 0.391. The molecular formula is C23H29NO4. The molecule has 1 amide bonds. The van der Waals surface area contributed by atoms with E-state index in [9.17, 15) is 9.59 Å². The average Bonchev–Trinajstić information content (AvgIpc) is 2.71. The van der Waals surface area contributed by atoms with Gasteiger partial charge < -0.3 is 14.8 Å². The minimum absolute atomic E-state index is 0.0885. The van der Waals surface area contributed by atoms with Gasteiger partial charge in [0.25, 0.3) is 0 Å². The van der Waals surface area contributed by atoms with E-state index in [0.29, 0.717) is 30.7 Å². The number of nitrogens with one attached hydrogen (secondary N) is 1. The highest BCUT2D eigenvalue weighted by atomic mass is 16.5. The minimum atomic E-state index is -0.402. The maximum absolute atomic E-state index is 12.0. The molecule has 0 bridgehead atoms. The number of anilines is 1. The molecule has 0 saturated heterocycles. The van der Waals surface area contributed by atoms with Crippen LogP contribution in [0, 0.1) is 0 Å². The summed E-state index contributed by atoms with van der Waals surface area (Å²) in [6.45, 7) is 7.11. The molecule has 0 unspecified atom stereocenters. The SMILES string of the molecule is CCC(C)(C)c1ccc(OCCCC(=O)Nc2ccc(C(=O)OC)cc2)cc1. The molecule has 5 nitrogen and oxygen atoms in total. The summed E-state index contributed by atoms with van der Waals surface area (Å²) in [7, 11) is 1.33. The van der Waals surface area contributed by atoms with Crippen LogP contribution in [-0.4, -0.2) is 25.6 Å². The Bertz CT molecular complexity index is 779. The first-order valence-electron chi connectivity index (χ1n) is 9.57. The Morgan fingerprint density at radius 1 is 1.00 bits per heavy atom. The highest BCUT2D eigenvalue weighted by Gasteiger charge is 2.17. The lowest BCUT2D eigenvalue weighted by molar-refractivity contribution is -0.116. The van der Waals surface area contributed by atoms with Crippen LogP contribution in [0.2, 0.25) is 0 Å². The molecule has 28 heavy (non-hydrogen) atoms. The monoisotopic (exact) mass is 383 g/mol. The van der Waals surface area contributed by atoms with E-state index in [1.807, 2.05) is 12.1 Å². The van der Waals surface area contributed by atoms with Crippen molar-refractivity contribution in [3.8, 4) is 5.75 Å². The maximum atomic E-state index is 12.0. The number of benzene rings is 2. The van der Waals surface area contributed by atoms with E-state index in [4.69, 9.17) is 4.74 Å². The average molecular weight is 383 g/mol. The maximum Gasteiger partial charge on any atom is 0.337 e. The Morgan fingerprint density at radius 2 is 1.64 bits per heavy atom. The standard InChI is InChI=1S/C23H29NO4/c1-5-23(2,3)18-10-14-20(15-11-18)28-16-6-7-21(25)24-19-12-8-17(9-13-19)22(26)27-4/h8-15H,5-7,16H2,1-4H3,(H,24,25). The lowest BCUT2D eigenvalue weighted by atomic mass is 9.82. The van der Waals surface area contributed by atoms with Gasteiger partial charge >= 0.3 is 5.97 Å². The molecule has 0 aliphatic rings. The largest absolute Gasteiger partial charge is 0.494 e. The normalized spacial score (nSPS) is 11.0. The second-order valence-electron chi connectivity index (χ2n) is 7.33. The number of carbonyl (C=O) groups is 2. The van der Waals surface area contributed by atoms with Crippen molar-refractivity contribution in [1.29, 1.82) is 0 Å². The van der Waals surface area contributed by atoms with Crippen molar-refractivity contribution in [1.82, 2.24) is 0 Å². The van der Waals surface area contributed by atoms with Crippen LogP contribution in [0.25, 0.3) is 0 Å². The van der Waals surface area contributed by atoms with Gasteiger partial charge in [0.05, 0.1) is 19.3 Å². The lowest BCUT2D eigenvalue weighted by Gasteiger charge is -2.23. The lowest BCUT2D eigenvalue weighted by Crippen LogP contribution is -2.15. The van der Waals surface area contributed by atoms with E-state index < -0.39 is 5.97 Å². The van der Waals surface area contributed by atoms with Crippen LogP contribution in [0.15, 0.2) is 48.5 Å². The second-order valence-corrected chi connectivity index (χ2v) is 7.33. The number of hydrogen-bond acceptors (Lipinski definition) is 4. The second kappa shape index (κ2) is 9.93. The molecule has 0 aliphatic heterocycles. The molecule has 0 radical (unpaired) electrons. The van der Waals surface area contributed by atoms with E-state index in [0.717, 1.165) is 12.2 Å². The number of esters is 1. The predicted molar refractivity (Wildman–Crippen MR) is 111 cm³/mol. The van der Waals surface area contributed by atoms with Crippen LogP contribution < -0.4 is 10.1 Å². The van der Waals surface area contributed by atoms with Crippen molar-refractivity contribution < 1.29 is 19.1 Å². The number of ether oxygens (including phenoxy) is 2. The van der Waals surface area contributed by atoms with Crippen LogP contribution in [-0.2, 0) is 14.9 Å². The van der Waals surface area contributed by atoms with Gasteiger partial charge in [0.2, 0.25) is 5.91 Å². The van der Waals surface area contributed by atoms with Gasteiger partial charge in [0.1, 0.15) is 5.75 Å². The van der Waals surface area contributed by atoms with Crippen molar-refractivity contribution in [2.75, 3.05) is 19.0 Å². The van der Waals surface area contributed by atoms with Gasteiger partial charge in [0.15, 0.2) is 0 Å². The molecule has 0 fully saturated rings. The minimum Gasteiger partial charge on any atom is -0.494 e. The fourth-order valence-electron chi connectivity index (χ4n) is 2.66. The third-order valence-electron chi connectivity index (χ3n) is 4.93. The molecule has 2 aromatic carbocycles. The highest BCUT2D eigenvalue weighted by Crippen LogP contribution is 2.28. The highest BCUT2D eigenvalue weighted by molar-refractivity contribution is 5.93. The Hall–Kier alpha value is -2.82. The summed E-state index contributed by atoms with van der Waals surface area (Å²) < 4.78 is 10.4. The van der Waals surface area contributed by atoms with E-state index in [2.05, 4.69) is 43.0 Å². The molecule has 2 rings (SSSR count). The summed E-state index contributed by atoms with van der Waals surface area (Å²) in [5, 5.41) is 2.81. The van der Waals surface area contributed by atoms with E-state index in [1.165, 1.54) is 12.7 Å². The number of rotatable bonds is 9. The van der Waals surface area contributed by atoms with Crippen molar-refractivity contribution >= 4 is 17.6 Å². The molecular weight excluding hydrogens is 354 g/mol.